The number of nitrogens with one attached hydrogen (secondary N) is 1. The van der Waals surface area contributed by atoms with E-state index in [1.165, 1.54) is 0 Å². The Morgan fingerprint density at radius 1 is 1.10 bits per heavy atom. The standard InChI is InChI=1S/C15H22N4OS/c16-14(21)11-18-6-8-19(9-7-18)12-15(20)17-10-13-4-2-1-3-5-13/h1-5H,6-12H2,(H2,16,21)(H,17,20). The van der Waals surface area contributed by atoms with Crippen LogP contribution in [-0.4, -0.2) is 60.0 Å². The molecule has 5 nitrogen and oxygen atoms in total. The summed E-state index contributed by atoms with van der Waals surface area (Å²) in [5.41, 5.74) is 6.66. The molecule has 0 spiro atoms. The molecule has 2 rings (SSSR count). The SMILES string of the molecule is NC(=S)CN1CCN(CC(=O)NCc2ccccc2)CC1. The van der Waals surface area contributed by atoms with Gasteiger partial charge in [-0.25, -0.2) is 0 Å². The summed E-state index contributed by atoms with van der Waals surface area (Å²) in [5.74, 6) is 0.0710. The second kappa shape index (κ2) is 8.07. The molecule has 1 aliphatic heterocycles. The minimum atomic E-state index is 0.0710. The van der Waals surface area contributed by atoms with E-state index in [0.29, 0.717) is 24.6 Å². The monoisotopic (exact) mass is 306 g/mol. The smallest absolute Gasteiger partial charge is 0.234 e. The Morgan fingerprint density at radius 3 is 2.24 bits per heavy atom. The highest BCUT2D eigenvalue weighted by Gasteiger charge is 2.18. The number of amides is 1. The van der Waals surface area contributed by atoms with Crippen LogP contribution in [0.15, 0.2) is 30.3 Å². The Kier molecular flexibility index (Phi) is 6.10. The molecule has 1 aliphatic rings. The molecule has 0 aromatic heterocycles. The van der Waals surface area contributed by atoms with E-state index in [1.807, 2.05) is 30.3 Å². The van der Waals surface area contributed by atoms with Crippen LogP contribution in [0.4, 0.5) is 0 Å². The van der Waals surface area contributed by atoms with Gasteiger partial charge >= 0.3 is 0 Å². The zero-order valence-corrected chi connectivity index (χ0v) is 12.9. The molecule has 1 aromatic carbocycles. The van der Waals surface area contributed by atoms with Crippen molar-refractivity contribution >= 4 is 23.1 Å². The molecule has 21 heavy (non-hydrogen) atoms. The predicted molar refractivity (Wildman–Crippen MR) is 88.0 cm³/mol. The maximum atomic E-state index is 11.9. The molecule has 1 aromatic rings. The summed E-state index contributed by atoms with van der Waals surface area (Å²) < 4.78 is 0. The van der Waals surface area contributed by atoms with Crippen LogP contribution in [0.5, 0.6) is 0 Å². The van der Waals surface area contributed by atoms with E-state index in [0.717, 1.165) is 31.7 Å². The van der Waals surface area contributed by atoms with E-state index in [-0.39, 0.29) is 5.91 Å². The molecule has 3 N–H and O–H groups in total. The summed E-state index contributed by atoms with van der Waals surface area (Å²) in [7, 11) is 0. The van der Waals surface area contributed by atoms with Crippen molar-refractivity contribution in [1.29, 1.82) is 0 Å². The highest BCUT2D eigenvalue weighted by atomic mass is 32.1. The van der Waals surface area contributed by atoms with E-state index < -0.39 is 0 Å². The van der Waals surface area contributed by atoms with Crippen LogP contribution in [-0.2, 0) is 11.3 Å². The van der Waals surface area contributed by atoms with Crippen LogP contribution in [0, 0.1) is 0 Å². The fraction of sp³-hybridized carbons (Fsp3) is 0.467. The molecule has 114 valence electrons. The summed E-state index contributed by atoms with van der Waals surface area (Å²) in [6.45, 7) is 5.27. The number of thiocarbonyl (C=S) groups is 1. The lowest BCUT2D eigenvalue weighted by Gasteiger charge is -2.33. The number of carbonyl (C=O) groups is 1. The summed E-state index contributed by atoms with van der Waals surface area (Å²) >= 11 is 4.92. The van der Waals surface area contributed by atoms with Gasteiger partial charge in [-0.1, -0.05) is 42.5 Å². The number of rotatable bonds is 6. The van der Waals surface area contributed by atoms with Gasteiger partial charge in [-0.3, -0.25) is 14.6 Å². The molecule has 0 unspecified atom stereocenters. The third-order valence-corrected chi connectivity index (χ3v) is 3.67. The predicted octanol–water partition coefficient (Wildman–Crippen LogP) is 0.207. The van der Waals surface area contributed by atoms with E-state index in [2.05, 4.69) is 15.1 Å². The molecule has 6 heteroatoms. The van der Waals surface area contributed by atoms with Gasteiger partial charge in [-0.05, 0) is 5.56 Å². The van der Waals surface area contributed by atoms with Gasteiger partial charge < -0.3 is 11.1 Å². The van der Waals surface area contributed by atoms with Crippen LogP contribution in [0.2, 0.25) is 0 Å². The Balaban J connectivity index is 1.66. The summed E-state index contributed by atoms with van der Waals surface area (Å²) in [6, 6.07) is 9.94. The van der Waals surface area contributed by atoms with Gasteiger partial charge in [0, 0.05) is 39.3 Å². The molecule has 1 heterocycles. The molecule has 0 aliphatic carbocycles. The van der Waals surface area contributed by atoms with Crippen molar-refractivity contribution in [3.63, 3.8) is 0 Å². The first kappa shape index (κ1) is 15.9. The molecule has 0 radical (unpaired) electrons. The van der Waals surface area contributed by atoms with Crippen molar-refractivity contribution in [3.05, 3.63) is 35.9 Å². The first-order chi connectivity index (χ1) is 10.1. The van der Waals surface area contributed by atoms with Gasteiger partial charge in [0.1, 0.15) is 0 Å². The minimum Gasteiger partial charge on any atom is -0.392 e. The average molecular weight is 306 g/mol. The fourth-order valence-corrected chi connectivity index (χ4v) is 2.56. The molecule has 1 amide bonds. The summed E-state index contributed by atoms with van der Waals surface area (Å²) in [4.78, 5) is 16.9. The Bertz CT molecular complexity index is 472. The van der Waals surface area contributed by atoms with E-state index >= 15 is 0 Å². The van der Waals surface area contributed by atoms with Crippen molar-refractivity contribution in [2.45, 2.75) is 6.54 Å². The van der Waals surface area contributed by atoms with Crippen LogP contribution in [0.3, 0.4) is 0 Å². The zero-order valence-electron chi connectivity index (χ0n) is 12.1. The maximum absolute atomic E-state index is 11.9. The van der Waals surface area contributed by atoms with Crippen LogP contribution < -0.4 is 11.1 Å². The van der Waals surface area contributed by atoms with Crippen molar-refractivity contribution in [3.8, 4) is 0 Å². The third-order valence-electron chi connectivity index (χ3n) is 3.54. The van der Waals surface area contributed by atoms with E-state index in [9.17, 15) is 4.79 Å². The van der Waals surface area contributed by atoms with Gasteiger partial charge in [-0.2, -0.15) is 0 Å². The van der Waals surface area contributed by atoms with Gasteiger partial charge in [0.15, 0.2) is 0 Å². The van der Waals surface area contributed by atoms with Gasteiger partial charge in [0.05, 0.1) is 11.5 Å². The highest BCUT2D eigenvalue weighted by Crippen LogP contribution is 2.01. The second-order valence-electron chi connectivity index (χ2n) is 5.28. The Hall–Kier alpha value is -1.50. The highest BCUT2D eigenvalue weighted by molar-refractivity contribution is 7.80. The fourth-order valence-electron chi connectivity index (χ4n) is 2.38. The molecular formula is C15H22N4OS. The summed E-state index contributed by atoms with van der Waals surface area (Å²) in [5, 5.41) is 2.95. The number of piperazine rings is 1. The molecule has 1 saturated heterocycles. The number of carbonyl (C=O) groups excluding carboxylic acids is 1. The quantitative estimate of drug-likeness (QED) is 0.736. The van der Waals surface area contributed by atoms with Gasteiger partial charge in [0.2, 0.25) is 5.91 Å². The first-order valence-corrected chi connectivity index (χ1v) is 7.58. The Labute approximate surface area is 131 Å². The number of hydrogen-bond donors (Lipinski definition) is 2. The number of hydrogen-bond acceptors (Lipinski definition) is 4. The summed E-state index contributed by atoms with van der Waals surface area (Å²) in [6.07, 6.45) is 0. The second-order valence-corrected chi connectivity index (χ2v) is 5.81. The third kappa shape index (κ3) is 5.79. The molecule has 0 saturated carbocycles. The first-order valence-electron chi connectivity index (χ1n) is 7.17. The lowest BCUT2D eigenvalue weighted by molar-refractivity contribution is -0.122. The molecule has 0 bridgehead atoms. The Morgan fingerprint density at radius 2 is 1.67 bits per heavy atom. The lowest BCUT2D eigenvalue weighted by atomic mass is 10.2. The van der Waals surface area contributed by atoms with Crippen LogP contribution in [0.1, 0.15) is 5.56 Å². The maximum Gasteiger partial charge on any atom is 0.234 e. The minimum absolute atomic E-state index is 0.0710. The lowest BCUT2D eigenvalue weighted by Crippen LogP contribution is -2.50. The van der Waals surface area contributed by atoms with Crippen molar-refractivity contribution in [2.24, 2.45) is 5.73 Å². The molecule has 0 atom stereocenters. The van der Waals surface area contributed by atoms with E-state index in [4.69, 9.17) is 18.0 Å². The molecule has 1 fully saturated rings. The van der Waals surface area contributed by atoms with Crippen LogP contribution >= 0.6 is 12.2 Å². The van der Waals surface area contributed by atoms with E-state index in [1.54, 1.807) is 0 Å². The zero-order chi connectivity index (χ0) is 15.1. The van der Waals surface area contributed by atoms with Crippen molar-refractivity contribution in [2.75, 3.05) is 39.3 Å². The van der Waals surface area contributed by atoms with Crippen molar-refractivity contribution in [1.82, 2.24) is 15.1 Å². The average Bonchev–Trinajstić information content (AvgIpc) is 2.48. The van der Waals surface area contributed by atoms with Gasteiger partial charge in [-0.15, -0.1) is 0 Å². The van der Waals surface area contributed by atoms with Gasteiger partial charge in [0.25, 0.3) is 0 Å². The largest absolute Gasteiger partial charge is 0.392 e. The number of nitrogens with two attached hydrogens (primary N) is 1. The number of benzene rings is 1. The normalized spacial score (nSPS) is 16.6. The van der Waals surface area contributed by atoms with Crippen LogP contribution in [0.25, 0.3) is 0 Å². The number of nitrogens with zero attached hydrogens (tertiary/aromatic N) is 2. The topological polar surface area (TPSA) is 61.6 Å². The molecular weight excluding hydrogens is 284 g/mol. The van der Waals surface area contributed by atoms with Crippen molar-refractivity contribution < 1.29 is 4.79 Å².